The quantitative estimate of drug-likeness (QED) is 0.619. The fourth-order valence-electron chi connectivity index (χ4n) is 1.36. The van der Waals surface area contributed by atoms with Crippen LogP contribution in [0, 0.1) is 0 Å². The summed E-state index contributed by atoms with van der Waals surface area (Å²) in [6.07, 6.45) is 0. The Labute approximate surface area is 89.6 Å². The van der Waals surface area contributed by atoms with E-state index >= 15 is 0 Å². The zero-order chi connectivity index (χ0) is 11.7. The summed E-state index contributed by atoms with van der Waals surface area (Å²) in [6, 6.07) is 1.39. The van der Waals surface area contributed by atoms with Gasteiger partial charge in [0.2, 0.25) is 5.95 Å². The van der Waals surface area contributed by atoms with Gasteiger partial charge < -0.3 is 15.5 Å². The van der Waals surface area contributed by atoms with Gasteiger partial charge in [-0.15, -0.1) is 0 Å². The summed E-state index contributed by atoms with van der Waals surface area (Å²) < 4.78 is 4.79. The second kappa shape index (κ2) is 3.69. The van der Waals surface area contributed by atoms with Gasteiger partial charge in [-0.1, -0.05) is 0 Å². The summed E-state index contributed by atoms with van der Waals surface area (Å²) in [5.74, 6) is -0.534. The van der Waals surface area contributed by atoms with Crippen molar-refractivity contribution in [3.63, 3.8) is 0 Å². The highest BCUT2D eigenvalue weighted by molar-refractivity contribution is 5.93. The Kier molecular flexibility index (Phi) is 2.35. The molecule has 2 rings (SSSR count). The number of H-pyrrole nitrogens is 2. The lowest BCUT2D eigenvalue weighted by Crippen LogP contribution is -2.09. The summed E-state index contributed by atoms with van der Waals surface area (Å²) in [7, 11) is 0. The molecule has 0 aliphatic carbocycles. The maximum absolute atomic E-state index is 11.4. The largest absolute Gasteiger partial charge is 0.461 e. The van der Waals surface area contributed by atoms with E-state index in [9.17, 15) is 9.59 Å². The molecule has 7 heteroatoms. The zero-order valence-corrected chi connectivity index (χ0v) is 8.53. The van der Waals surface area contributed by atoms with Crippen molar-refractivity contribution in [3.8, 4) is 0 Å². The molecule has 0 atom stereocenters. The molecule has 16 heavy (non-hydrogen) atoms. The number of esters is 1. The van der Waals surface area contributed by atoms with Crippen molar-refractivity contribution < 1.29 is 9.53 Å². The maximum atomic E-state index is 11.4. The monoisotopic (exact) mass is 222 g/mol. The van der Waals surface area contributed by atoms with Gasteiger partial charge in [0.25, 0.3) is 5.56 Å². The van der Waals surface area contributed by atoms with Crippen molar-refractivity contribution in [2.45, 2.75) is 6.92 Å². The van der Waals surface area contributed by atoms with Crippen LogP contribution in [0.5, 0.6) is 0 Å². The Balaban J connectivity index is 2.56. The zero-order valence-electron chi connectivity index (χ0n) is 8.53. The Morgan fingerprint density at radius 1 is 1.56 bits per heavy atom. The number of anilines is 1. The highest BCUT2D eigenvalue weighted by Crippen LogP contribution is 2.10. The minimum Gasteiger partial charge on any atom is -0.461 e. The first-order valence-electron chi connectivity index (χ1n) is 4.67. The molecule has 0 bridgehead atoms. The molecule has 0 saturated carbocycles. The standard InChI is InChI=1S/C9H10N4O3/c1-2-16-8(15)5-3-4-6(11-5)12-9(10)13-7(4)14/h3H,2H2,1H3,(H4,10,11,12,13,14). The van der Waals surface area contributed by atoms with Gasteiger partial charge in [-0.3, -0.25) is 9.78 Å². The minimum atomic E-state index is -0.529. The fraction of sp³-hybridized carbons (Fsp3) is 0.222. The van der Waals surface area contributed by atoms with Crippen LogP contribution >= 0.6 is 0 Å². The molecule has 2 aromatic heterocycles. The van der Waals surface area contributed by atoms with Gasteiger partial charge in [0, 0.05) is 0 Å². The summed E-state index contributed by atoms with van der Waals surface area (Å²) in [5.41, 5.74) is 5.42. The smallest absolute Gasteiger partial charge is 0.354 e. The van der Waals surface area contributed by atoms with Crippen LogP contribution in [0.25, 0.3) is 11.0 Å². The molecule has 0 aliphatic heterocycles. The fourth-order valence-corrected chi connectivity index (χ4v) is 1.36. The molecule has 0 radical (unpaired) electrons. The maximum Gasteiger partial charge on any atom is 0.354 e. The Bertz CT molecular complexity index is 598. The van der Waals surface area contributed by atoms with Crippen LogP contribution in [0.3, 0.4) is 0 Å². The Morgan fingerprint density at radius 2 is 2.31 bits per heavy atom. The first-order valence-corrected chi connectivity index (χ1v) is 4.67. The number of nitrogen functional groups attached to an aromatic ring is 1. The van der Waals surface area contributed by atoms with E-state index in [1.165, 1.54) is 6.07 Å². The van der Waals surface area contributed by atoms with E-state index in [1.54, 1.807) is 6.92 Å². The van der Waals surface area contributed by atoms with Gasteiger partial charge in [0.1, 0.15) is 11.3 Å². The topological polar surface area (TPSA) is 114 Å². The van der Waals surface area contributed by atoms with Crippen LogP contribution in [0.15, 0.2) is 10.9 Å². The van der Waals surface area contributed by atoms with E-state index in [1.807, 2.05) is 0 Å². The van der Waals surface area contributed by atoms with Gasteiger partial charge in [0.15, 0.2) is 0 Å². The molecule has 2 aromatic rings. The second-order valence-electron chi connectivity index (χ2n) is 3.12. The van der Waals surface area contributed by atoms with Crippen LogP contribution in [0.4, 0.5) is 5.95 Å². The molecular formula is C9H10N4O3. The number of nitrogens with zero attached hydrogens (tertiary/aromatic N) is 1. The number of hydrogen-bond donors (Lipinski definition) is 3. The third-order valence-electron chi connectivity index (χ3n) is 2.01. The van der Waals surface area contributed by atoms with Gasteiger partial charge in [0.05, 0.1) is 12.0 Å². The molecule has 4 N–H and O–H groups in total. The number of carbonyl (C=O) groups excluding carboxylic acids is 1. The van der Waals surface area contributed by atoms with Gasteiger partial charge >= 0.3 is 5.97 Å². The highest BCUT2D eigenvalue weighted by Gasteiger charge is 2.13. The molecule has 0 amide bonds. The minimum absolute atomic E-state index is 0.00485. The van der Waals surface area contributed by atoms with E-state index in [2.05, 4.69) is 15.0 Å². The van der Waals surface area contributed by atoms with Crippen LogP contribution < -0.4 is 11.3 Å². The molecule has 84 valence electrons. The first kappa shape index (κ1) is 10.2. The van der Waals surface area contributed by atoms with E-state index in [4.69, 9.17) is 10.5 Å². The normalized spacial score (nSPS) is 10.6. The van der Waals surface area contributed by atoms with E-state index < -0.39 is 11.5 Å². The highest BCUT2D eigenvalue weighted by atomic mass is 16.5. The van der Waals surface area contributed by atoms with E-state index in [0.717, 1.165) is 0 Å². The lowest BCUT2D eigenvalue weighted by Gasteiger charge is -1.96. The molecule has 0 fully saturated rings. The summed E-state index contributed by atoms with van der Waals surface area (Å²) in [5, 5.41) is 0.275. The summed E-state index contributed by atoms with van der Waals surface area (Å²) in [4.78, 5) is 31.7. The van der Waals surface area contributed by atoms with Crippen molar-refractivity contribution in [2.75, 3.05) is 12.3 Å². The summed E-state index contributed by atoms with van der Waals surface area (Å²) >= 11 is 0. The second-order valence-corrected chi connectivity index (χ2v) is 3.12. The molecular weight excluding hydrogens is 212 g/mol. The van der Waals surface area contributed by atoms with Gasteiger partial charge in [-0.2, -0.15) is 4.98 Å². The number of aromatic amines is 2. The Hall–Kier alpha value is -2.31. The number of fused-ring (bicyclic) bond motifs is 1. The molecule has 7 nitrogen and oxygen atoms in total. The SMILES string of the molecule is CCOC(=O)c1cc2c(=O)[nH]c(N)nc2[nH]1. The van der Waals surface area contributed by atoms with Gasteiger partial charge in [-0.25, -0.2) is 4.79 Å². The number of hydrogen-bond acceptors (Lipinski definition) is 5. The number of nitrogens with two attached hydrogens (primary N) is 1. The molecule has 0 unspecified atom stereocenters. The molecule has 0 saturated heterocycles. The van der Waals surface area contributed by atoms with E-state index in [0.29, 0.717) is 0 Å². The van der Waals surface area contributed by atoms with Crippen molar-refractivity contribution in [1.82, 2.24) is 15.0 Å². The van der Waals surface area contributed by atoms with Crippen molar-refractivity contribution in [2.24, 2.45) is 0 Å². The molecule has 0 aromatic carbocycles. The van der Waals surface area contributed by atoms with Crippen LogP contribution in [0.1, 0.15) is 17.4 Å². The third-order valence-corrected chi connectivity index (χ3v) is 2.01. The van der Waals surface area contributed by atoms with Gasteiger partial charge in [-0.05, 0) is 13.0 Å². The molecule has 0 spiro atoms. The predicted molar refractivity (Wildman–Crippen MR) is 57.1 cm³/mol. The van der Waals surface area contributed by atoms with Crippen molar-refractivity contribution in [3.05, 3.63) is 22.1 Å². The predicted octanol–water partition coefficient (Wildman–Crippen LogP) is 0.0101. The third kappa shape index (κ3) is 1.62. The number of rotatable bonds is 2. The first-order chi connectivity index (χ1) is 7.61. The number of carbonyl (C=O) groups is 1. The molecule has 0 aliphatic rings. The number of ether oxygens (including phenoxy) is 1. The van der Waals surface area contributed by atoms with Crippen LogP contribution in [-0.2, 0) is 4.74 Å². The van der Waals surface area contributed by atoms with Crippen molar-refractivity contribution in [1.29, 1.82) is 0 Å². The number of nitrogens with one attached hydrogen (secondary N) is 2. The lowest BCUT2D eigenvalue weighted by atomic mass is 10.3. The Morgan fingerprint density at radius 3 is 3.00 bits per heavy atom. The summed E-state index contributed by atoms with van der Waals surface area (Å²) in [6.45, 7) is 1.96. The van der Waals surface area contributed by atoms with Crippen LogP contribution in [-0.4, -0.2) is 27.5 Å². The molecule has 2 heterocycles. The number of aromatic nitrogens is 3. The van der Waals surface area contributed by atoms with Crippen LogP contribution in [0.2, 0.25) is 0 Å². The average molecular weight is 222 g/mol. The lowest BCUT2D eigenvalue weighted by molar-refractivity contribution is 0.0520. The van der Waals surface area contributed by atoms with Crippen molar-refractivity contribution >= 4 is 23.0 Å². The van der Waals surface area contributed by atoms with E-state index in [-0.39, 0.29) is 29.3 Å². The average Bonchev–Trinajstić information content (AvgIpc) is 2.62.